The van der Waals surface area contributed by atoms with Crippen LogP contribution < -0.4 is 10.2 Å². The average molecular weight is 291 g/mol. The molecule has 0 amide bonds. The lowest BCUT2D eigenvalue weighted by Gasteiger charge is -2.10. The standard InChI is InChI=1S/C15H13BClFO2/c1-9-5-13(17)15(7-14(9)18)20-11-3-4-12-10(6-11)8-19-16(12)2/h3-7H,8H2,1-2H3. The zero-order valence-electron chi connectivity index (χ0n) is 11.2. The minimum atomic E-state index is -0.331. The average Bonchev–Trinajstić information content (AvgIpc) is 2.77. The van der Waals surface area contributed by atoms with Crippen LogP contribution in [0.25, 0.3) is 0 Å². The maximum atomic E-state index is 13.6. The Morgan fingerprint density at radius 2 is 2.10 bits per heavy atom. The first kappa shape index (κ1) is 13.5. The minimum absolute atomic E-state index is 0.111. The lowest BCUT2D eigenvalue weighted by Crippen LogP contribution is -2.23. The summed E-state index contributed by atoms with van der Waals surface area (Å²) in [6.07, 6.45) is 0. The third-order valence-corrected chi connectivity index (χ3v) is 3.78. The Hall–Kier alpha value is -1.52. The Morgan fingerprint density at radius 1 is 1.30 bits per heavy atom. The second kappa shape index (κ2) is 5.11. The van der Waals surface area contributed by atoms with Crippen LogP contribution in [0.2, 0.25) is 11.8 Å². The summed E-state index contributed by atoms with van der Waals surface area (Å²) in [5.41, 5.74) is 2.76. The third-order valence-electron chi connectivity index (χ3n) is 3.48. The summed E-state index contributed by atoms with van der Waals surface area (Å²) in [5, 5.41) is 0.397. The van der Waals surface area contributed by atoms with Crippen LogP contribution >= 0.6 is 11.6 Å². The van der Waals surface area contributed by atoms with E-state index in [9.17, 15) is 4.39 Å². The summed E-state index contributed by atoms with van der Waals surface area (Å²) in [7, 11) is 0. The number of halogens is 2. The molecule has 0 fully saturated rings. The molecule has 0 spiro atoms. The zero-order chi connectivity index (χ0) is 14.3. The van der Waals surface area contributed by atoms with Gasteiger partial charge in [0.25, 0.3) is 0 Å². The molecule has 2 aromatic rings. The maximum absolute atomic E-state index is 13.6. The molecule has 2 aromatic carbocycles. The van der Waals surface area contributed by atoms with Crippen molar-refractivity contribution in [3.63, 3.8) is 0 Å². The molecular weight excluding hydrogens is 277 g/mol. The van der Waals surface area contributed by atoms with E-state index in [-0.39, 0.29) is 12.7 Å². The first-order valence-electron chi connectivity index (χ1n) is 6.42. The molecule has 0 N–H and O–H groups in total. The highest BCUT2D eigenvalue weighted by molar-refractivity contribution is 6.67. The van der Waals surface area contributed by atoms with Crippen molar-refractivity contribution >= 4 is 24.0 Å². The Labute approximate surface area is 122 Å². The maximum Gasteiger partial charge on any atom is 0.324 e. The molecule has 20 heavy (non-hydrogen) atoms. The predicted octanol–water partition coefficient (Wildman–Crippen LogP) is 3.94. The predicted molar refractivity (Wildman–Crippen MR) is 78.7 cm³/mol. The summed E-state index contributed by atoms with van der Waals surface area (Å²) in [5.74, 6) is 0.621. The summed E-state index contributed by atoms with van der Waals surface area (Å²) >= 11 is 6.08. The van der Waals surface area contributed by atoms with Crippen molar-refractivity contribution in [3.8, 4) is 11.5 Å². The van der Waals surface area contributed by atoms with E-state index in [1.807, 2.05) is 25.0 Å². The summed E-state index contributed by atoms with van der Waals surface area (Å²) in [6, 6.07) is 8.60. The first-order valence-corrected chi connectivity index (χ1v) is 6.80. The summed E-state index contributed by atoms with van der Waals surface area (Å²) in [6.45, 7) is 4.36. The summed E-state index contributed by atoms with van der Waals surface area (Å²) in [4.78, 5) is 0. The smallest absolute Gasteiger partial charge is 0.324 e. The van der Waals surface area contributed by atoms with Gasteiger partial charge in [0.1, 0.15) is 17.3 Å². The fourth-order valence-electron chi connectivity index (χ4n) is 2.30. The largest absolute Gasteiger partial charge is 0.456 e. The number of rotatable bonds is 2. The molecule has 0 saturated carbocycles. The lowest BCUT2D eigenvalue weighted by atomic mass is 9.64. The van der Waals surface area contributed by atoms with Crippen molar-refractivity contribution in [1.82, 2.24) is 0 Å². The highest BCUT2D eigenvalue weighted by Crippen LogP contribution is 2.32. The number of hydrogen-bond acceptors (Lipinski definition) is 2. The molecule has 1 heterocycles. The normalized spacial score (nSPS) is 13.5. The highest BCUT2D eigenvalue weighted by Gasteiger charge is 2.23. The quantitative estimate of drug-likeness (QED) is 0.780. The van der Waals surface area contributed by atoms with Gasteiger partial charge >= 0.3 is 6.92 Å². The molecule has 2 nitrogen and oxygen atoms in total. The van der Waals surface area contributed by atoms with Gasteiger partial charge in [0.05, 0.1) is 11.6 Å². The molecule has 1 aliphatic rings. The molecule has 0 radical (unpaired) electrons. The van der Waals surface area contributed by atoms with Gasteiger partial charge in [0, 0.05) is 6.07 Å². The van der Waals surface area contributed by atoms with E-state index < -0.39 is 0 Å². The van der Waals surface area contributed by atoms with Gasteiger partial charge in [-0.25, -0.2) is 4.39 Å². The van der Waals surface area contributed by atoms with Gasteiger partial charge in [-0.1, -0.05) is 24.5 Å². The van der Waals surface area contributed by atoms with Crippen LogP contribution in [-0.2, 0) is 11.3 Å². The van der Waals surface area contributed by atoms with Crippen LogP contribution in [0.5, 0.6) is 11.5 Å². The molecule has 5 heteroatoms. The zero-order valence-corrected chi connectivity index (χ0v) is 12.0. The third kappa shape index (κ3) is 2.41. The number of aryl methyl sites for hydroxylation is 1. The van der Waals surface area contributed by atoms with E-state index in [0.29, 0.717) is 28.7 Å². The molecular formula is C15H13BClFO2. The Bertz CT molecular complexity index is 675. The Balaban J connectivity index is 1.91. The monoisotopic (exact) mass is 290 g/mol. The van der Waals surface area contributed by atoms with Crippen LogP contribution in [0.15, 0.2) is 30.3 Å². The van der Waals surface area contributed by atoms with Crippen LogP contribution in [0.4, 0.5) is 4.39 Å². The summed E-state index contributed by atoms with van der Waals surface area (Å²) < 4.78 is 24.8. The van der Waals surface area contributed by atoms with E-state index in [1.54, 1.807) is 13.0 Å². The van der Waals surface area contributed by atoms with Crippen LogP contribution in [-0.4, -0.2) is 6.92 Å². The van der Waals surface area contributed by atoms with Crippen molar-refractivity contribution in [2.75, 3.05) is 0 Å². The van der Waals surface area contributed by atoms with E-state index in [0.717, 1.165) is 5.56 Å². The fourth-order valence-corrected chi connectivity index (χ4v) is 2.56. The Kier molecular flexibility index (Phi) is 3.44. The van der Waals surface area contributed by atoms with Gasteiger partial charge in [0.15, 0.2) is 0 Å². The number of hydrogen-bond donors (Lipinski definition) is 0. The second-order valence-electron chi connectivity index (χ2n) is 4.95. The lowest BCUT2D eigenvalue weighted by molar-refractivity contribution is 0.333. The number of fused-ring (bicyclic) bond motifs is 1. The fraction of sp³-hybridized carbons (Fsp3) is 0.200. The SMILES string of the molecule is CB1OCc2cc(Oc3cc(F)c(C)cc3Cl)ccc21. The number of ether oxygens (including phenoxy) is 1. The molecule has 0 bridgehead atoms. The van der Waals surface area contributed by atoms with E-state index in [2.05, 4.69) is 0 Å². The van der Waals surface area contributed by atoms with E-state index >= 15 is 0 Å². The molecule has 0 saturated heterocycles. The van der Waals surface area contributed by atoms with Gasteiger partial charge in [-0.05, 0) is 41.7 Å². The first-order chi connectivity index (χ1) is 9.54. The topological polar surface area (TPSA) is 18.5 Å². The van der Waals surface area contributed by atoms with E-state index in [1.165, 1.54) is 11.5 Å². The van der Waals surface area contributed by atoms with Crippen molar-refractivity contribution in [1.29, 1.82) is 0 Å². The molecule has 0 atom stereocenters. The van der Waals surface area contributed by atoms with E-state index in [4.69, 9.17) is 21.0 Å². The van der Waals surface area contributed by atoms with Crippen molar-refractivity contribution < 1.29 is 13.8 Å². The van der Waals surface area contributed by atoms with Gasteiger partial charge in [0.2, 0.25) is 0 Å². The highest BCUT2D eigenvalue weighted by atomic mass is 35.5. The molecule has 0 aromatic heterocycles. The van der Waals surface area contributed by atoms with Crippen molar-refractivity contribution in [2.24, 2.45) is 0 Å². The molecule has 0 unspecified atom stereocenters. The van der Waals surface area contributed by atoms with Gasteiger partial charge < -0.3 is 9.39 Å². The van der Waals surface area contributed by atoms with Crippen LogP contribution in [0.1, 0.15) is 11.1 Å². The minimum Gasteiger partial charge on any atom is -0.456 e. The second-order valence-corrected chi connectivity index (χ2v) is 5.35. The van der Waals surface area contributed by atoms with Crippen LogP contribution in [0, 0.1) is 12.7 Å². The van der Waals surface area contributed by atoms with Gasteiger partial charge in [-0.2, -0.15) is 0 Å². The molecule has 1 aliphatic heterocycles. The molecule has 0 aliphatic carbocycles. The van der Waals surface area contributed by atoms with Crippen molar-refractivity contribution in [3.05, 3.63) is 52.3 Å². The Morgan fingerprint density at radius 3 is 2.90 bits per heavy atom. The van der Waals surface area contributed by atoms with Gasteiger partial charge in [-0.3, -0.25) is 0 Å². The van der Waals surface area contributed by atoms with Crippen molar-refractivity contribution in [2.45, 2.75) is 20.4 Å². The van der Waals surface area contributed by atoms with Crippen LogP contribution in [0.3, 0.4) is 0 Å². The molecule has 102 valence electrons. The van der Waals surface area contributed by atoms with Gasteiger partial charge in [-0.15, -0.1) is 0 Å². The molecule has 3 rings (SSSR count). The number of benzene rings is 2.